The summed E-state index contributed by atoms with van der Waals surface area (Å²) >= 11 is 1.37. The number of aryl methyl sites for hydroxylation is 1. The predicted molar refractivity (Wildman–Crippen MR) is 115 cm³/mol. The number of thioether (sulfide) groups is 1. The molecule has 0 saturated carbocycles. The van der Waals surface area contributed by atoms with Crippen molar-refractivity contribution in [2.24, 2.45) is 0 Å². The Balaban J connectivity index is 1.60. The molecule has 0 fully saturated rings. The molecule has 3 aromatic rings. The topological polar surface area (TPSA) is 85.2 Å². The van der Waals surface area contributed by atoms with E-state index in [1.165, 1.54) is 30.0 Å². The first kappa shape index (κ1) is 20.5. The van der Waals surface area contributed by atoms with Gasteiger partial charge < -0.3 is 10.1 Å². The van der Waals surface area contributed by atoms with E-state index in [2.05, 4.69) is 40.3 Å². The number of ether oxygens (including phenoxy) is 1. The van der Waals surface area contributed by atoms with Crippen LogP contribution in [-0.4, -0.2) is 34.4 Å². The van der Waals surface area contributed by atoms with E-state index in [9.17, 15) is 9.59 Å². The van der Waals surface area contributed by atoms with E-state index < -0.39 is 6.09 Å². The molecule has 0 saturated heterocycles. The van der Waals surface area contributed by atoms with Crippen molar-refractivity contribution < 1.29 is 14.3 Å². The molecule has 2 amide bonds. The molecular weight excluding hydrogens is 388 g/mol. The number of hydrogen-bond acceptors (Lipinski definition) is 5. The van der Waals surface area contributed by atoms with E-state index in [4.69, 9.17) is 0 Å². The molecule has 8 heteroatoms. The van der Waals surface area contributed by atoms with Crippen LogP contribution < -0.4 is 10.6 Å². The SMILES string of the molecule is COC(=O)Nc1ccc(NC(=O)CSc2nccn2-c2cccc(C)c2C)cc1. The number of rotatable bonds is 6. The zero-order valence-electron chi connectivity index (χ0n) is 16.4. The molecule has 7 nitrogen and oxygen atoms in total. The molecule has 1 aromatic heterocycles. The molecule has 0 radical (unpaired) electrons. The number of anilines is 2. The van der Waals surface area contributed by atoms with E-state index in [1.54, 1.807) is 30.5 Å². The maximum Gasteiger partial charge on any atom is 0.411 e. The number of amides is 2. The average Bonchev–Trinajstić information content (AvgIpc) is 3.18. The van der Waals surface area contributed by atoms with Crippen molar-refractivity contribution in [3.8, 4) is 5.69 Å². The standard InChI is InChI=1S/C21H22N4O3S/c1-14-5-4-6-18(15(14)2)25-12-11-22-20(25)29-13-19(26)23-16-7-9-17(10-8-16)24-21(27)28-3/h4-12H,13H2,1-3H3,(H,23,26)(H,24,27). The average molecular weight is 410 g/mol. The van der Waals surface area contributed by atoms with Gasteiger partial charge in [-0.1, -0.05) is 23.9 Å². The van der Waals surface area contributed by atoms with Crippen LogP contribution in [0.5, 0.6) is 0 Å². The van der Waals surface area contributed by atoms with Crippen LogP contribution in [0.4, 0.5) is 16.2 Å². The van der Waals surface area contributed by atoms with Crippen molar-refractivity contribution in [2.45, 2.75) is 19.0 Å². The van der Waals surface area contributed by atoms with E-state index in [0.29, 0.717) is 11.4 Å². The lowest BCUT2D eigenvalue weighted by atomic mass is 10.1. The maximum absolute atomic E-state index is 12.3. The lowest BCUT2D eigenvalue weighted by molar-refractivity contribution is -0.113. The van der Waals surface area contributed by atoms with E-state index in [-0.39, 0.29) is 11.7 Å². The summed E-state index contributed by atoms with van der Waals surface area (Å²) in [5.41, 5.74) is 4.66. The van der Waals surface area contributed by atoms with Crippen molar-refractivity contribution in [1.82, 2.24) is 9.55 Å². The van der Waals surface area contributed by atoms with Crippen LogP contribution in [0.15, 0.2) is 60.0 Å². The highest BCUT2D eigenvalue weighted by molar-refractivity contribution is 7.99. The summed E-state index contributed by atoms with van der Waals surface area (Å²) < 4.78 is 6.53. The Morgan fingerprint density at radius 2 is 1.76 bits per heavy atom. The fraction of sp³-hybridized carbons (Fsp3) is 0.190. The Morgan fingerprint density at radius 1 is 1.07 bits per heavy atom. The van der Waals surface area contributed by atoms with Crippen molar-refractivity contribution >= 4 is 35.1 Å². The molecule has 0 aliphatic heterocycles. The molecule has 2 N–H and O–H groups in total. The first-order valence-electron chi connectivity index (χ1n) is 8.95. The number of methoxy groups -OCH3 is 1. The summed E-state index contributed by atoms with van der Waals surface area (Å²) in [5, 5.41) is 6.15. The van der Waals surface area contributed by atoms with Crippen LogP contribution in [-0.2, 0) is 9.53 Å². The van der Waals surface area contributed by atoms with E-state index in [1.807, 2.05) is 22.9 Å². The van der Waals surface area contributed by atoms with Gasteiger partial charge in [-0.3, -0.25) is 14.7 Å². The minimum absolute atomic E-state index is 0.140. The monoisotopic (exact) mass is 410 g/mol. The number of nitrogens with one attached hydrogen (secondary N) is 2. The number of hydrogen-bond donors (Lipinski definition) is 2. The Bertz CT molecular complexity index is 1020. The van der Waals surface area contributed by atoms with Crippen LogP contribution in [0.25, 0.3) is 5.69 Å². The first-order chi connectivity index (χ1) is 14.0. The van der Waals surface area contributed by atoms with Crippen molar-refractivity contribution in [1.29, 1.82) is 0 Å². The van der Waals surface area contributed by atoms with Gasteiger partial charge >= 0.3 is 6.09 Å². The van der Waals surface area contributed by atoms with Crippen LogP contribution in [0.1, 0.15) is 11.1 Å². The smallest absolute Gasteiger partial charge is 0.411 e. The number of benzene rings is 2. The molecule has 0 aliphatic rings. The number of carbonyl (C=O) groups excluding carboxylic acids is 2. The highest BCUT2D eigenvalue weighted by atomic mass is 32.2. The molecule has 2 aromatic carbocycles. The van der Waals surface area contributed by atoms with Gasteiger partial charge in [0.05, 0.1) is 18.6 Å². The van der Waals surface area contributed by atoms with Gasteiger partial charge in [0.2, 0.25) is 5.91 Å². The van der Waals surface area contributed by atoms with E-state index in [0.717, 1.165) is 10.8 Å². The lowest BCUT2D eigenvalue weighted by Crippen LogP contribution is -2.15. The van der Waals surface area contributed by atoms with Crippen LogP contribution in [0, 0.1) is 13.8 Å². The second-order valence-corrected chi connectivity index (χ2v) is 7.27. The van der Waals surface area contributed by atoms with E-state index >= 15 is 0 Å². The first-order valence-corrected chi connectivity index (χ1v) is 9.94. The zero-order chi connectivity index (χ0) is 20.8. The fourth-order valence-electron chi connectivity index (χ4n) is 2.71. The molecule has 0 bridgehead atoms. The minimum atomic E-state index is -0.544. The third-order valence-corrected chi connectivity index (χ3v) is 5.34. The fourth-order valence-corrected chi connectivity index (χ4v) is 3.48. The third kappa shape index (κ3) is 5.17. The summed E-state index contributed by atoms with van der Waals surface area (Å²) in [5.74, 6) is 0.0866. The van der Waals surface area contributed by atoms with Crippen molar-refractivity contribution in [2.75, 3.05) is 23.5 Å². The van der Waals surface area contributed by atoms with Crippen LogP contribution >= 0.6 is 11.8 Å². The number of imidazole rings is 1. The highest BCUT2D eigenvalue weighted by Gasteiger charge is 2.11. The minimum Gasteiger partial charge on any atom is -0.453 e. The van der Waals surface area contributed by atoms with Crippen molar-refractivity contribution in [3.05, 3.63) is 66.0 Å². The van der Waals surface area contributed by atoms with Gasteiger partial charge in [0.1, 0.15) is 0 Å². The summed E-state index contributed by atoms with van der Waals surface area (Å²) in [6.07, 6.45) is 3.09. The summed E-state index contributed by atoms with van der Waals surface area (Å²) in [7, 11) is 1.30. The molecular formula is C21H22N4O3S. The van der Waals surface area contributed by atoms with Gasteiger partial charge in [-0.15, -0.1) is 0 Å². The van der Waals surface area contributed by atoms with Gasteiger partial charge in [-0.25, -0.2) is 9.78 Å². The Morgan fingerprint density at radius 3 is 2.45 bits per heavy atom. The normalized spacial score (nSPS) is 10.4. The van der Waals surface area contributed by atoms with Gasteiger partial charge in [0, 0.05) is 23.8 Å². The van der Waals surface area contributed by atoms with Gasteiger partial charge in [0.15, 0.2) is 5.16 Å². The molecule has 0 aliphatic carbocycles. The molecule has 1 heterocycles. The van der Waals surface area contributed by atoms with Gasteiger partial charge in [-0.05, 0) is 55.3 Å². The molecule has 3 rings (SSSR count). The van der Waals surface area contributed by atoms with Crippen molar-refractivity contribution in [3.63, 3.8) is 0 Å². The molecule has 150 valence electrons. The number of aromatic nitrogens is 2. The Labute approximate surface area is 173 Å². The third-order valence-electron chi connectivity index (χ3n) is 4.38. The van der Waals surface area contributed by atoms with Gasteiger partial charge in [-0.2, -0.15) is 0 Å². The quantitative estimate of drug-likeness (QED) is 0.589. The summed E-state index contributed by atoms with van der Waals surface area (Å²) in [6, 6.07) is 12.9. The van der Waals surface area contributed by atoms with Crippen LogP contribution in [0.2, 0.25) is 0 Å². The molecule has 0 unspecified atom stereocenters. The predicted octanol–water partition coefficient (Wildman–Crippen LogP) is 4.40. The Kier molecular flexibility index (Phi) is 6.56. The second-order valence-electron chi connectivity index (χ2n) is 6.33. The second kappa shape index (κ2) is 9.29. The summed E-state index contributed by atoms with van der Waals surface area (Å²) in [6.45, 7) is 4.15. The number of carbonyl (C=O) groups is 2. The van der Waals surface area contributed by atoms with Crippen LogP contribution in [0.3, 0.4) is 0 Å². The molecule has 0 spiro atoms. The van der Waals surface area contributed by atoms with Gasteiger partial charge in [0.25, 0.3) is 0 Å². The summed E-state index contributed by atoms with van der Waals surface area (Å²) in [4.78, 5) is 27.9. The zero-order valence-corrected chi connectivity index (χ0v) is 17.2. The molecule has 0 atom stereocenters. The largest absolute Gasteiger partial charge is 0.453 e. The molecule has 29 heavy (non-hydrogen) atoms. The maximum atomic E-state index is 12.3. The highest BCUT2D eigenvalue weighted by Crippen LogP contribution is 2.24. The Hall–Kier alpha value is -3.26. The number of nitrogens with zero attached hydrogens (tertiary/aromatic N) is 2. The lowest BCUT2D eigenvalue weighted by Gasteiger charge is -2.12.